The van der Waals surface area contributed by atoms with E-state index in [2.05, 4.69) is 15.9 Å². The molecule has 0 saturated carbocycles. The molecular weight excluding hydrogens is 310 g/mol. The van der Waals surface area contributed by atoms with Crippen LogP contribution in [0.2, 0.25) is 0 Å². The minimum Gasteiger partial charge on any atom is -0.382 e. The molecule has 96 valence electrons. The lowest BCUT2D eigenvalue weighted by Crippen LogP contribution is -2.26. The van der Waals surface area contributed by atoms with Crippen molar-refractivity contribution in [1.82, 2.24) is 4.89 Å². The van der Waals surface area contributed by atoms with Gasteiger partial charge in [-0.3, -0.25) is 4.84 Å². The lowest BCUT2D eigenvalue weighted by Gasteiger charge is -2.08. The van der Waals surface area contributed by atoms with Crippen molar-refractivity contribution in [3.8, 4) is 0 Å². The van der Waals surface area contributed by atoms with Crippen molar-refractivity contribution >= 4 is 26.0 Å². The fourth-order valence-electron chi connectivity index (χ4n) is 1.11. The van der Waals surface area contributed by atoms with Gasteiger partial charge in [0.15, 0.2) is 0 Å². The second-order valence-electron chi connectivity index (χ2n) is 3.36. The monoisotopic (exact) mass is 323 g/mol. The number of ether oxygens (including phenoxy) is 1. The molecule has 0 aliphatic rings. The number of hydrogen-bond donors (Lipinski definition) is 1. The number of hydrogen-bond acceptors (Lipinski definition) is 4. The van der Waals surface area contributed by atoms with Crippen LogP contribution in [0.15, 0.2) is 27.6 Å². The van der Waals surface area contributed by atoms with Gasteiger partial charge in [0, 0.05) is 11.6 Å². The number of rotatable bonds is 6. The summed E-state index contributed by atoms with van der Waals surface area (Å²) in [5.74, 6) is 0. The molecule has 0 atom stereocenters. The molecule has 1 N–H and O–H groups in total. The molecule has 1 aromatic carbocycles. The summed E-state index contributed by atoms with van der Waals surface area (Å²) in [4.78, 5) is 6.97. The van der Waals surface area contributed by atoms with Gasteiger partial charge in [0.1, 0.15) is 0 Å². The van der Waals surface area contributed by atoms with E-state index in [9.17, 15) is 8.42 Å². The molecule has 0 aliphatic heterocycles. The lowest BCUT2D eigenvalue weighted by molar-refractivity contribution is 0.0438. The smallest absolute Gasteiger partial charge is 0.263 e. The Hall–Kier alpha value is -0.470. The summed E-state index contributed by atoms with van der Waals surface area (Å²) < 4.78 is 28.9. The molecule has 0 aliphatic carbocycles. The van der Waals surface area contributed by atoms with Crippen LogP contribution in [-0.4, -0.2) is 28.7 Å². The number of benzene rings is 1. The van der Waals surface area contributed by atoms with E-state index < -0.39 is 10.0 Å². The van der Waals surface area contributed by atoms with Crippen molar-refractivity contribution in [2.75, 3.05) is 20.3 Å². The van der Waals surface area contributed by atoms with E-state index in [0.29, 0.717) is 11.1 Å². The molecule has 0 amide bonds. The van der Waals surface area contributed by atoms with Crippen LogP contribution in [0.4, 0.5) is 0 Å². The summed E-state index contributed by atoms with van der Waals surface area (Å²) in [7, 11) is -2.15. The minimum absolute atomic E-state index is 0.139. The predicted octanol–water partition coefficient (Wildman–Crippen LogP) is 1.61. The van der Waals surface area contributed by atoms with Crippen molar-refractivity contribution in [3.63, 3.8) is 0 Å². The van der Waals surface area contributed by atoms with Gasteiger partial charge in [-0.25, -0.2) is 8.42 Å². The summed E-state index contributed by atoms with van der Waals surface area (Å²) in [6, 6.07) is 4.96. The van der Waals surface area contributed by atoms with E-state index in [4.69, 9.17) is 9.57 Å². The van der Waals surface area contributed by atoms with E-state index in [0.717, 1.165) is 5.56 Å². The van der Waals surface area contributed by atoms with E-state index in [1.54, 1.807) is 12.1 Å². The largest absolute Gasteiger partial charge is 0.382 e. The van der Waals surface area contributed by atoms with Gasteiger partial charge in [-0.15, -0.1) is 0 Å². The summed E-state index contributed by atoms with van der Waals surface area (Å²) >= 11 is 3.21. The average Bonchev–Trinajstić information content (AvgIpc) is 2.24. The van der Waals surface area contributed by atoms with E-state index in [-0.39, 0.29) is 11.5 Å². The maximum atomic E-state index is 11.8. The maximum Gasteiger partial charge on any atom is 0.263 e. The summed E-state index contributed by atoms with van der Waals surface area (Å²) in [6.07, 6.45) is 0. The SMILES string of the molecule is COCCONS(=O)(=O)c1ccc(C)cc1Br. The first-order chi connectivity index (χ1) is 7.97. The molecule has 0 fully saturated rings. The van der Waals surface area contributed by atoms with Crippen LogP contribution in [0, 0.1) is 6.92 Å². The van der Waals surface area contributed by atoms with Gasteiger partial charge in [0.25, 0.3) is 10.0 Å². The topological polar surface area (TPSA) is 64.6 Å². The maximum absolute atomic E-state index is 11.8. The van der Waals surface area contributed by atoms with Gasteiger partial charge in [-0.2, -0.15) is 0 Å². The molecule has 7 heteroatoms. The van der Waals surface area contributed by atoms with Crippen molar-refractivity contribution in [1.29, 1.82) is 0 Å². The highest BCUT2D eigenvalue weighted by Gasteiger charge is 2.17. The highest BCUT2D eigenvalue weighted by Crippen LogP contribution is 2.22. The Morgan fingerprint density at radius 1 is 1.35 bits per heavy atom. The van der Waals surface area contributed by atoms with E-state index in [1.165, 1.54) is 13.2 Å². The normalized spacial score (nSPS) is 11.7. The number of methoxy groups -OCH3 is 1. The predicted molar refractivity (Wildman–Crippen MR) is 67.0 cm³/mol. The zero-order chi connectivity index (χ0) is 12.9. The first-order valence-electron chi connectivity index (χ1n) is 4.86. The summed E-state index contributed by atoms with van der Waals surface area (Å²) in [6.45, 7) is 2.35. The fraction of sp³-hybridized carbons (Fsp3) is 0.400. The molecule has 17 heavy (non-hydrogen) atoms. The van der Waals surface area contributed by atoms with Crippen molar-refractivity contribution < 1.29 is 18.0 Å². The molecule has 0 aromatic heterocycles. The van der Waals surface area contributed by atoms with Crippen LogP contribution in [0.5, 0.6) is 0 Å². The van der Waals surface area contributed by atoms with Gasteiger partial charge >= 0.3 is 0 Å². The molecular formula is C10H14BrNO4S. The van der Waals surface area contributed by atoms with Gasteiger partial charge < -0.3 is 4.74 Å². The number of nitrogens with one attached hydrogen (secondary N) is 1. The second kappa shape index (κ2) is 6.46. The number of sulfonamides is 1. The first kappa shape index (κ1) is 14.6. The van der Waals surface area contributed by atoms with Crippen LogP contribution in [0.25, 0.3) is 0 Å². The molecule has 0 spiro atoms. The molecule has 0 radical (unpaired) electrons. The lowest BCUT2D eigenvalue weighted by atomic mass is 10.2. The molecule has 1 aromatic rings. The Kier molecular flexibility index (Phi) is 5.54. The molecule has 1 rings (SSSR count). The van der Waals surface area contributed by atoms with Crippen molar-refractivity contribution in [2.45, 2.75) is 11.8 Å². The zero-order valence-electron chi connectivity index (χ0n) is 9.57. The third-order valence-electron chi connectivity index (χ3n) is 1.94. The van der Waals surface area contributed by atoms with Gasteiger partial charge in [0.2, 0.25) is 0 Å². The Labute approximate surface area is 109 Å². The van der Waals surface area contributed by atoms with Crippen LogP contribution >= 0.6 is 15.9 Å². The quantitative estimate of drug-likeness (QED) is 0.638. The zero-order valence-corrected chi connectivity index (χ0v) is 12.0. The highest BCUT2D eigenvalue weighted by atomic mass is 79.9. The minimum atomic E-state index is -3.66. The van der Waals surface area contributed by atoms with E-state index >= 15 is 0 Å². The van der Waals surface area contributed by atoms with Crippen LogP contribution in [-0.2, 0) is 19.6 Å². The molecule has 0 heterocycles. The Balaban J connectivity index is 2.76. The third kappa shape index (κ3) is 4.36. The average molecular weight is 324 g/mol. The fourth-order valence-corrected chi connectivity index (χ4v) is 3.14. The van der Waals surface area contributed by atoms with Gasteiger partial charge in [-0.05, 0) is 40.5 Å². The highest BCUT2D eigenvalue weighted by molar-refractivity contribution is 9.10. The standard InChI is InChI=1S/C10H14BrNO4S/c1-8-3-4-10(9(11)7-8)17(13,14)12-16-6-5-15-2/h3-4,7,12H,5-6H2,1-2H3. The van der Waals surface area contributed by atoms with Crippen LogP contribution in [0.3, 0.4) is 0 Å². The Morgan fingerprint density at radius 2 is 2.06 bits per heavy atom. The van der Waals surface area contributed by atoms with Crippen LogP contribution in [0.1, 0.15) is 5.56 Å². The molecule has 5 nitrogen and oxygen atoms in total. The van der Waals surface area contributed by atoms with Crippen LogP contribution < -0.4 is 4.89 Å². The summed E-state index contributed by atoms with van der Waals surface area (Å²) in [5, 5.41) is 0. The van der Waals surface area contributed by atoms with Crippen molar-refractivity contribution in [2.24, 2.45) is 0 Å². The second-order valence-corrected chi connectivity index (χ2v) is 5.83. The van der Waals surface area contributed by atoms with Crippen molar-refractivity contribution in [3.05, 3.63) is 28.2 Å². The molecule has 0 unspecified atom stereocenters. The van der Waals surface area contributed by atoms with Gasteiger partial charge in [0.05, 0.1) is 18.1 Å². The Bertz CT molecular complexity index is 475. The number of aryl methyl sites for hydroxylation is 1. The molecule has 0 bridgehead atoms. The third-order valence-corrected chi connectivity index (χ3v) is 4.13. The molecule has 0 saturated heterocycles. The Morgan fingerprint density at radius 3 is 2.65 bits per heavy atom. The first-order valence-corrected chi connectivity index (χ1v) is 7.13. The van der Waals surface area contributed by atoms with Gasteiger partial charge in [-0.1, -0.05) is 11.0 Å². The van der Waals surface area contributed by atoms with E-state index in [1.807, 2.05) is 11.8 Å². The summed E-state index contributed by atoms with van der Waals surface area (Å²) in [5.41, 5.74) is 0.969. The number of halogens is 1.